The first kappa shape index (κ1) is 34.1. The number of hydrogen-bond donors (Lipinski definition) is 1. The van der Waals surface area contributed by atoms with Gasteiger partial charge in [-0.05, 0) is 30.7 Å². The molecular weight excluding hydrogens is 594 g/mol. The molecule has 1 rings (SSSR count). The number of ether oxygens (including phenoxy) is 1. The van der Waals surface area contributed by atoms with Gasteiger partial charge in [0.25, 0.3) is 0 Å². The van der Waals surface area contributed by atoms with Crippen molar-refractivity contribution >= 4 is 17.6 Å². The van der Waals surface area contributed by atoms with E-state index in [9.17, 15) is 79.8 Å². The van der Waals surface area contributed by atoms with E-state index in [0.29, 0.717) is 30.7 Å². The fourth-order valence-corrected chi connectivity index (χ4v) is 2.45. The number of rotatable bonds is 12. The van der Waals surface area contributed by atoms with Crippen LogP contribution in [0.5, 0.6) is 0 Å². The molecule has 1 amide bonds. The molecule has 224 valence electrons. The summed E-state index contributed by atoms with van der Waals surface area (Å²) in [6.45, 7) is 1.49. The Balaban J connectivity index is 3.39. The van der Waals surface area contributed by atoms with Gasteiger partial charge in [0, 0.05) is 5.69 Å². The number of hydrogen-bond acceptors (Lipinski definition) is 3. The number of amides is 1. The van der Waals surface area contributed by atoms with Gasteiger partial charge in [-0.1, -0.05) is 6.92 Å². The minimum Gasteiger partial charge on any atom is -0.462 e. The number of carbonyl (C=O) groups excluding carboxylic acids is 2. The van der Waals surface area contributed by atoms with Crippen LogP contribution in [0.4, 0.5) is 75.9 Å². The highest BCUT2D eigenvalue weighted by atomic mass is 19.4. The van der Waals surface area contributed by atoms with E-state index in [0.717, 1.165) is 5.32 Å². The fourth-order valence-electron chi connectivity index (χ4n) is 2.45. The largest absolute Gasteiger partial charge is 0.462 e. The van der Waals surface area contributed by atoms with Gasteiger partial charge in [0.05, 0.1) is 12.2 Å². The number of esters is 1. The molecule has 0 bridgehead atoms. The molecule has 0 aliphatic carbocycles. The van der Waals surface area contributed by atoms with Gasteiger partial charge < -0.3 is 10.1 Å². The highest BCUT2D eigenvalue weighted by Gasteiger charge is 2.94. The number of benzene rings is 1. The van der Waals surface area contributed by atoms with Gasteiger partial charge in [-0.2, -0.15) is 61.5 Å². The van der Waals surface area contributed by atoms with Crippen LogP contribution in [0.25, 0.3) is 0 Å². The zero-order valence-corrected chi connectivity index (χ0v) is 18.6. The molecule has 0 atom stereocenters. The summed E-state index contributed by atoms with van der Waals surface area (Å²) < 4.78 is 218. The van der Waals surface area contributed by atoms with E-state index >= 15 is 0 Å². The first-order valence-electron chi connectivity index (χ1n) is 9.80. The molecule has 0 radical (unpaired) electrons. The molecule has 1 aromatic carbocycles. The second-order valence-electron chi connectivity index (χ2n) is 7.54. The summed E-state index contributed by atoms with van der Waals surface area (Å²) in [4.78, 5) is 23.1. The van der Waals surface area contributed by atoms with Crippen molar-refractivity contribution in [2.75, 3.05) is 11.9 Å². The minimum atomic E-state index is -8.60. The van der Waals surface area contributed by atoms with Crippen LogP contribution in [-0.4, -0.2) is 66.4 Å². The number of halogens is 16. The lowest BCUT2D eigenvalue weighted by atomic mass is 9.89. The number of nitrogens with one attached hydrogen (secondary N) is 1. The lowest BCUT2D eigenvalue weighted by Crippen LogP contribution is -2.74. The minimum absolute atomic E-state index is 0.0950. The van der Waals surface area contributed by atoms with E-state index in [1.807, 2.05) is 0 Å². The van der Waals surface area contributed by atoms with Crippen molar-refractivity contribution < 1.29 is 84.6 Å². The molecule has 0 saturated carbocycles. The van der Waals surface area contributed by atoms with E-state index in [2.05, 4.69) is 4.74 Å². The molecule has 39 heavy (non-hydrogen) atoms. The summed E-state index contributed by atoms with van der Waals surface area (Å²) in [6.07, 6.45) is -5.60. The number of carbonyl (C=O) groups is 2. The Morgan fingerprint density at radius 1 is 0.718 bits per heavy atom. The maximum Gasteiger partial charge on any atom is 0.393 e. The summed E-state index contributed by atoms with van der Waals surface area (Å²) in [6, 6.07) is 2.36. The van der Waals surface area contributed by atoms with Crippen LogP contribution in [0.1, 0.15) is 23.7 Å². The maximum absolute atomic E-state index is 14.0. The molecule has 0 heterocycles. The lowest BCUT2D eigenvalue weighted by molar-refractivity contribution is -0.443. The van der Waals surface area contributed by atoms with E-state index in [-0.39, 0.29) is 12.2 Å². The normalized spacial score (nSPS) is 14.4. The first-order valence-corrected chi connectivity index (χ1v) is 9.80. The number of alkyl halides is 16. The van der Waals surface area contributed by atoms with Crippen LogP contribution in [0.15, 0.2) is 24.3 Å². The predicted molar refractivity (Wildman–Crippen MR) is 96.3 cm³/mol. The van der Waals surface area contributed by atoms with Crippen LogP contribution < -0.4 is 5.32 Å². The standard InChI is InChI=1S/C19H13F16NO3/c1-2-7-39-10(37)8-3-5-9(6-4-8)36-12(38)14(24,25)16(28,29)18(32,33)19(34,35)17(30,31)15(26,27)13(22,23)11(20)21/h3-6,11H,2,7H2,1H3,(H,36,38). The molecule has 4 nitrogen and oxygen atoms in total. The molecule has 1 aromatic rings. The van der Waals surface area contributed by atoms with Crippen molar-refractivity contribution in [3.05, 3.63) is 29.8 Å². The van der Waals surface area contributed by atoms with Crippen molar-refractivity contribution in [2.24, 2.45) is 0 Å². The summed E-state index contributed by atoms with van der Waals surface area (Å²) in [5.74, 6) is -61.2. The Labute approximate surface area is 206 Å². The van der Waals surface area contributed by atoms with Crippen molar-refractivity contribution in [1.82, 2.24) is 0 Å². The molecule has 20 heteroatoms. The highest BCUT2D eigenvalue weighted by molar-refractivity contribution is 5.97. The maximum atomic E-state index is 14.0. The topological polar surface area (TPSA) is 55.4 Å². The Kier molecular flexibility index (Phi) is 9.21. The Morgan fingerprint density at radius 3 is 1.54 bits per heavy atom. The van der Waals surface area contributed by atoms with E-state index < -0.39 is 65.4 Å². The number of anilines is 1. The molecular formula is C19H13F16NO3. The van der Waals surface area contributed by atoms with Gasteiger partial charge in [-0.15, -0.1) is 0 Å². The van der Waals surface area contributed by atoms with Gasteiger partial charge >= 0.3 is 59.8 Å². The van der Waals surface area contributed by atoms with E-state index in [1.165, 1.54) is 0 Å². The monoisotopic (exact) mass is 607 g/mol. The average molecular weight is 607 g/mol. The lowest BCUT2D eigenvalue weighted by Gasteiger charge is -2.42. The van der Waals surface area contributed by atoms with Crippen molar-refractivity contribution in [2.45, 2.75) is 61.2 Å². The van der Waals surface area contributed by atoms with Crippen LogP contribution in [0.2, 0.25) is 0 Å². The molecule has 0 unspecified atom stereocenters. The van der Waals surface area contributed by atoms with Gasteiger partial charge in [0.15, 0.2) is 0 Å². The summed E-state index contributed by atoms with van der Waals surface area (Å²) in [7, 11) is 0. The van der Waals surface area contributed by atoms with E-state index in [4.69, 9.17) is 0 Å². The molecule has 0 aromatic heterocycles. The van der Waals surface area contributed by atoms with Gasteiger partial charge in [-0.25, -0.2) is 13.6 Å². The molecule has 0 saturated heterocycles. The third-order valence-corrected chi connectivity index (χ3v) is 4.77. The van der Waals surface area contributed by atoms with Crippen LogP contribution in [0, 0.1) is 0 Å². The van der Waals surface area contributed by atoms with Crippen LogP contribution in [-0.2, 0) is 9.53 Å². The third kappa shape index (κ3) is 5.29. The second-order valence-corrected chi connectivity index (χ2v) is 7.54. The predicted octanol–water partition coefficient (Wildman–Crippen LogP) is 6.90. The van der Waals surface area contributed by atoms with Crippen LogP contribution in [0.3, 0.4) is 0 Å². The zero-order valence-electron chi connectivity index (χ0n) is 18.6. The van der Waals surface area contributed by atoms with Crippen molar-refractivity contribution in [3.8, 4) is 0 Å². The first-order chi connectivity index (χ1) is 17.3. The Morgan fingerprint density at radius 2 is 1.13 bits per heavy atom. The van der Waals surface area contributed by atoms with Crippen molar-refractivity contribution in [1.29, 1.82) is 0 Å². The van der Waals surface area contributed by atoms with Gasteiger partial charge in [0.1, 0.15) is 0 Å². The van der Waals surface area contributed by atoms with Gasteiger partial charge in [-0.3, -0.25) is 4.79 Å². The molecule has 0 fully saturated rings. The van der Waals surface area contributed by atoms with Gasteiger partial charge in [0.2, 0.25) is 0 Å². The summed E-state index contributed by atoms with van der Waals surface area (Å²) >= 11 is 0. The molecule has 0 aliphatic heterocycles. The third-order valence-electron chi connectivity index (χ3n) is 4.77. The highest BCUT2D eigenvalue weighted by Crippen LogP contribution is 2.62. The smallest absolute Gasteiger partial charge is 0.393 e. The second kappa shape index (κ2) is 10.5. The average Bonchev–Trinajstić information content (AvgIpc) is 2.81. The fraction of sp³-hybridized carbons (Fsp3) is 0.579. The molecule has 0 spiro atoms. The Hall–Kier alpha value is -2.96. The zero-order chi connectivity index (χ0) is 31.0. The SMILES string of the molecule is CCCOC(=O)c1ccc(NC(=O)C(F)(F)C(F)(F)C(F)(F)C(F)(F)C(F)(F)C(F)(F)C(F)(F)C(F)F)cc1. The van der Waals surface area contributed by atoms with Crippen molar-refractivity contribution in [3.63, 3.8) is 0 Å². The van der Waals surface area contributed by atoms with Crippen LogP contribution >= 0.6 is 0 Å². The summed E-state index contributed by atoms with van der Waals surface area (Å²) in [5.41, 5.74) is -1.36. The summed E-state index contributed by atoms with van der Waals surface area (Å²) in [5, 5.41) is 0.775. The van der Waals surface area contributed by atoms with E-state index in [1.54, 1.807) is 6.92 Å². The Bertz CT molecular complexity index is 1040. The molecule has 0 aliphatic rings. The quantitative estimate of drug-likeness (QED) is 0.208. The molecule has 1 N–H and O–H groups in total.